The molecule has 0 radical (unpaired) electrons. The summed E-state index contributed by atoms with van der Waals surface area (Å²) in [6.45, 7) is 5.79. The van der Waals surface area contributed by atoms with E-state index in [0.29, 0.717) is 37.5 Å². The van der Waals surface area contributed by atoms with Crippen molar-refractivity contribution < 1.29 is 9.53 Å². The number of rotatable bonds is 4. The van der Waals surface area contributed by atoms with Gasteiger partial charge in [0.25, 0.3) is 0 Å². The van der Waals surface area contributed by atoms with Crippen molar-refractivity contribution in [2.45, 2.75) is 32.5 Å². The third kappa shape index (κ3) is 3.30. The Bertz CT molecular complexity index is 649. The Hall–Kier alpha value is -2.29. The van der Waals surface area contributed by atoms with Crippen LogP contribution >= 0.6 is 0 Å². The lowest BCUT2D eigenvalue weighted by atomic mass is 10.2. The van der Waals surface area contributed by atoms with Crippen molar-refractivity contribution in [2.75, 3.05) is 25.0 Å². The number of hydrogen-bond acceptors (Lipinski definition) is 7. The van der Waals surface area contributed by atoms with Crippen molar-refractivity contribution in [2.24, 2.45) is 0 Å². The first-order valence-corrected chi connectivity index (χ1v) is 7.34. The molecule has 0 saturated carbocycles. The molecule has 0 aliphatic carbocycles. The van der Waals surface area contributed by atoms with Crippen molar-refractivity contribution in [3.63, 3.8) is 0 Å². The minimum Gasteiger partial charge on any atom is -0.372 e. The van der Waals surface area contributed by atoms with Gasteiger partial charge in [0.15, 0.2) is 5.65 Å². The topological polar surface area (TPSA) is 97.5 Å². The number of fused-ring (bicyclic) bond motifs is 1. The number of amides is 1. The highest BCUT2D eigenvalue weighted by atomic mass is 16.5. The molecule has 9 heteroatoms. The molecule has 22 heavy (non-hydrogen) atoms. The molecule has 0 aromatic carbocycles. The van der Waals surface area contributed by atoms with Crippen LogP contribution in [0.4, 0.5) is 5.82 Å². The molecular formula is C13H19N7O2. The van der Waals surface area contributed by atoms with E-state index in [2.05, 4.69) is 25.9 Å². The summed E-state index contributed by atoms with van der Waals surface area (Å²) in [7, 11) is 0. The molecule has 2 atom stereocenters. The van der Waals surface area contributed by atoms with Gasteiger partial charge in [0.1, 0.15) is 5.82 Å². The average Bonchev–Trinajstić information content (AvgIpc) is 2.93. The first-order valence-electron chi connectivity index (χ1n) is 7.34. The summed E-state index contributed by atoms with van der Waals surface area (Å²) in [5, 5.41) is 18.3. The lowest BCUT2D eigenvalue weighted by molar-refractivity contribution is -0.142. The maximum absolute atomic E-state index is 12.2. The van der Waals surface area contributed by atoms with E-state index in [9.17, 15) is 4.79 Å². The number of tetrazole rings is 1. The number of aromatic nitrogens is 5. The van der Waals surface area contributed by atoms with E-state index in [1.807, 2.05) is 18.7 Å². The molecule has 1 fully saturated rings. The Morgan fingerprint density at radius 1 is 1.36 bits per heavy atom. The van der Waals surface area contributed by atoms with Crippen LogP contribution in [0.25, 0.3) is 5.65 Å². The van der Waals surface area contributed by atoms with E-state index >= 15 is 0 Å². The van der Waals surface area contributed by atoms with E-state index in [1.165, 1.54) is 4.63 Å². The molecule has 118 valence electrons. The van der Waals surface area contributed by atoms with Gasteiger partial charge >= 0.3 is 0 Å². The van der Waals surface area contributed by atoms with E-state index in [0.717, 1.165) is 0 Å². The van der Waals surface area contributed by atoms with Gasteiger partial charge in [-0.1, -0.05) is 0 Å². The molecule has 9 nitrogen and oxygen atoms in total. The Labute approximate surface area is 127 Å². The van der Waals surface area contributed by atoms with Gasteiger partial charge in [-0.05, 0) is 36.4 Å². The van der Waals surface area contributed by atoms with Gasteiger partial charge < -0.3 is 15.0 Å². The molecule has 3 heterocycles. The zero-order valence-corrected chi connectivity index (χ0v) is 12.6. The maximum atomic E-state index is 12.2. The number of hydrogen-bond donors (Lipinski definition) is 1. The van der Waals surface area contributed by atoms with Crippen molar-refractivity contribution in [3.05, 3.63) is 12.1 Å². The molecule has 0 spiro atoms. The number of nitrogens with zero attached hydrogens (tertiary/aromatic N) is 6. The standard InChI is InChI=1S/C13H19N7O2/c1-9-7-19(8-10(2)22-9)13(21)5-6-14-11-3-4-12-15-17-18-20(12)16-11/h3-4,9-10H,5-8H2,1-2H3,(H,14,16)/t9-,10-/m0/s1. The normalized spacial score (nSPS) is 22.0. The number of carbonyl (C=O) groups excluding carboxylic acids is 1. The van der Waals surface area contributed by atoms with Crippen LogP contribution in [0.15, 0.2) is 12.1 Å². The fourth-order valence-electron chi connectivity index (χ4n) is 2.58. The van der Waals surface area contributed by atoms with Crippen molar-refractivity contribution in [1.29, 1.82) is 0 Å². The van der Waals surface area contributed by atoms with E-state index in [4.69, 9.17) is 4.74 Å². The number of morpholine rings is 1. The molecule has 1 aliphatic heterocycles. The van der Waals surface area contributed by atoms with Crippen LogP contribution in [0.1, 0.15) is 20.3 Å². The van der Waals surface area contributed by atoms with Gasteiger partial charge in [-0.2, -0.15) is 0 Å². The number of carbonyl (C=O) groups is 1. The third-order valence-corrected chi connectivity index (χ3v) is 3.49. The van der Waals surface area contributed by atoms with E-state index < -0.39 is 0 Å². The van der Waals surface area contributed by atoms with E-state index in [1.54, 1.807) is 12.1 Å². The maximum Gasteiger partial charge on any atom is 0.224 e. The fourth-order valence-corrected chi connectivity index (χ4v) is 2.58. The molecule has 1 N–H and O–H groups in total. The van der Waals surface area contributed by atoms with Gasteiger partial charge in [0.2, 0.25) is 5.91 Å². The molecule has 1 amide bonds. The number of anilines is 1. The summed E-state index contributed by atoms with van der Waals surface area (Å²) in [4.78, 5) is 14.1. The first kappa shape index (κ1) is 14.6. The number of ether oxygens (including phenoxy) is 1. The first-order chi connectivity index (χ1) is 10.6. The highest BCUT2D eigenvalue weighted by molar-refractivity contribution is 5.76. The van der Waals surface area contributed by atoms with Crippen molar-refractivity contribution in [3.8, 4) is 0 Å². The zero-order valence-electron chi connectivity index (χ0n) is 12.6. The average molecular weight is 305 g/mol. The molecule has 0 unspecified atom stereocenters. The molecule has 1 aliphatic rings. The second kappa shape index (κ2) is 6.22. The van der Waals surface area contributed by atoms with Crippen LogP contribution in [0.5, 0.6) is 0 Å². The summed E-state index contributed by atoms with van der Waals surface area (Å²) in [6, 6.07) is 3.55. The van der Waals surface area contributed by atoms with Crippen molar-refractivity contribution in [1.82, 2.24) is 30.2 Å². The largest absolute Gasteiger partial charge is 0.372 e. The SMILES string of the molecule is C[C@H]1CN(C(=O)CCNc2ccc3nnnn3n2)C[C@H](C)O1. The van der Waals surface area contributed by atoms with Gasteiger partial charge in [-0.3, -0.25) is 4.79 Å². The van der Waals surface area contributed by atoms with Gasteiger partial charge in [0, 0.05) is 26.1 Å². The van der Waals surface area contributed by atoms with Crippen LogP contribution in [0.3, 0.4) is 0 Å². The highest BCUT2D eigenvalue weighted by Gasteiger charge is 2.25. The van der Waals surface area contributed by atoms with Gasteiger partial charge in [0.05, 0.1) is 12.2 Å². The van der Waals surface area contributed by atoms with Crippen LogP contribution in [-0.4, -0.2) is 67.9 Å². The Kier molecular flexibility index (Phi) is 4.14. The van der Waals surface area contributed by atoms with E-state index in [-0.39, 0.29) is 18.1 Å². The highest BCUT2D eigenvalue weighted by Crippen LogP contribution is 2.12. The Morgan fingerprint density at radius 3 is 2.91 bits per heavy atom. The monoisotopic (exact) mass is 305 g/mol. The molecule has 1 saturated heterocycles. The third-order valence-electron chi connectivity index (χ3n) is 3.49. The van der Waals surface area contributed by atoms with Crippen LogP contribution < -0.4 is 5.32 Å². The summed E-state index contributed by atoms with van der Waals surface area (Å²) in [5.74, 6) is 0.759. The summed E-state index contributed by atoms with van der Waals surface area (Å²) >= 11 is 0. The van der Waals surface area contributed by atoms with Crippen LogP contribution in [0, 0.1) is 0 Å². The van der Waals surface area contributed by atoms with Gasteiger partial charge in [-0.25, -0.2) is 0 Å². The number of nitrogens with one attached hydrogen (secondary N) is 1. The summed E-state index contributed by atoms with van der Waals surface area (Å²) < 4.78 is 6.98. The zero-order chi connectivity index (χ0) is 15.5. The van der Waals surface area contributed by atoms with Crippen LogP contribution in [-0.2, 0) is 9.53 Å². The smallest absolute Gasteiger partial charge is 0.224 e. The second-order valence-corrected chi connectivity index (χ2v) is 5.48. The molecule has 3 rings (SSSR count). The second-order valence-electron chi connectivity index (χ2n) is 5.48. The molecule has 0 bridgehead atoms. The van der Waals surface area contributed by atoms with Crippen molar-refractivity contribution >= 4 is 17.4 Å². The fraction of sp³-hybridized carbons (Fsp3) is 0.615. The molecule has 2 aromatic rings. The molecular weight excluding hydrogens is 286 g/mol. The summed E-state index contributed by atoms with van der Waals surface area (Å²) in [5.41, 5.74) is 0.581. The quantitative estimate of drug-likeness (QED) is 0.846. The predicted molar refractivity (Wildman–Crippen MR) is 78.3 cm³/mol. The summed E-state index contributed by atoms with van der Waals surface area (Å²) in [6.07, 6.45) is 0.587. The minimum absolute atomic E-state index is 0.0875. The Balaban J connectivity index is 1.50. The lowest BCUT2D eigenvalue weighted by Crippen LogP contribution is -2.48. The lowest BCUT2D eigenvalue weighted by Gasteiger charge is -2.35. The molecule has 2 aromatic heterocycles. The Morgan fingerprint density at radius 2 is 2.14 bits per heavy atom. The predicted octanol–water partition coefficient (Wildman–Crippen LogP) is -0.0429. The van der Waals surface area contributed by atoms with Crippen LogP contribution in [0.2, 0.25) is 0 Å². The minimum atomic E-state index is 0.0875. The van der Waals surface area contributed by atoms with Gasteiger partial charge in [-0.15, -0.1) is 14.8 Å².